The third kappa shape index (κ3) is 3.79. The van der Waals surface area contributed by atoms with Gasteiger partial charge >= 0.3 is 0 Å². The number of hydrogen-bond donors (Lipinski definition) is 2. The van der Waals surface area contributed by atoms with E-state index in [1.54, 1.807) is 29.9 Å². The Morgan fingerprint density at radius 3 is 2.82 bits per heavy atom. The smallest absolute Gasteiger partial charge is 0.166 e. The van der Waals surface area contributed by atoms with E-state index in [2.05, 4.69) is 25.3 Å². The van der Waals surface area contributed by atoms with Gasteiger partial charge in [0.15, 0.2) is 10.6 Å². The molecule has 0 saturated heterocycles. The van der Waals surface area contributed by atoms with Crippen LogP contribution < -0.4 is 0 Å². The van der Waals surface area contributed by atoms with Crippen molar-refractivity contribution in [2.45, 2.75) is 32.4 Å². The summed E-state index contributed by atoms with van der Waals surface area (Å²) in [4.78, 5) is 8.53. The van der Waals surface area contributed by atoms with Gasteiger partial charge in [-0.2, -0.15) is 5.10 Å². The number of aromatic hydroxyl groups is 1. The van der Waals surface area contributed by atoms with Gasteiger partial charge in [0.25, 0.3) is 0 Å². The number of aromatic nitrogens is 6. The number of thiazole rings is 1. The summed E-state index contributed by atoms with van der Waals surface area (Å²) in [6, 6.07) is 5.18. The third-order valence-electron chi connectivity index (χ3n) is 4.12. The van der Waals surface area contributed by atoms with Crippen LogP contribution in [0.15, 0.2) is 36.0 Å². The number of aryl methyl sites for hydroxylation is 1. The molecule has 28 heavy (non-hydrogen) atoms. The average Bonchev–Trinajstić information content (AvgIpc) is 3.39. The number of hydrogen-bond acceptors (Lipinski definition) is 9. The zero-order valence-corrected chi connectivity index (χ0v) is 16.9. The number of aliphatic hydroxyl groups is 1. The maximum Gasteiger partial charge on any atom is 0.166 e. The van der Waals surface area contributed by atoms with Crippen molar-refractivity contribution in [3.63, 3.8) is 0 Å². The number of rotatable bonds is 6. The summed E-state index contributed by atoms with van der Waals surface area (Å²) in [6.45, 7) is 3.96. The zero-order chi connectivity index (χ0) is 19.7. The highest BCUT2D eigenvalue weighted by Crippen LogP contribution is 2.33. The first-order chi connectivity index (χ1) is 13.4. The van der Waals surface area contributed by atoms with Crippen LogP contribution in [-0.4, -0.2) is 40.2 Å². The van der Waals surface area contributed by atoms with Crippen LogP contribution in [0.5, 0.6) is 5.75 Å². The second kappa shape index (κ2) is 7.38. The molecule has 0 spiro atoms. The fraction of sp³-hybridized carbons (Fsp3) is 0.278. The molecule has 0 fully saturated rings. The average molecular weight is 415 g/mol. The van der Waals surface area contributed by atoms with Crippen molar-refractivity contribution in [2.75, 3.05) is 0 Å². The van der Waals surface area contributed by atoms with Crippen LogP contribution in [0.25, 0.3) is 0 Å². The molecule has 4 heterocycles. The van der Waals surface area contributed by atoms with Gasteiger partial charge in [0.1, 0.15) is 21.5 Å². The Bertz CT molecular complexity index is 1100. The maximum atomic E-state index is 10.8. The van der Waals surface area contributed by atoms with Crippen LogP contribution in [0.3, 0.4) is 0 Å². The highest BCUT2D eigenvalue weighted by molar-refractivity contribution is 7.12. The van der Waals surface area contributed by atoms with Gasteiger partial charge in [0.2, 0.25) is 0 Å². The van der Waals surface area contributed by atoms with Crippen LogP contribution >= 0.6 is 22.7 Å². The van der Waals surface area contributed by atoms with Crippen molar-refractivity contribution in [2.24, 2.45) is 0 Å². The molecule has 0 aliphatic rings. The van der Waals surface area contributed by atoms with Crippen LogP contribution in [0.4, 0.5) is 0 Å². The highest BCUT2D eigenvalue weighted by Gasteiger charge is 2.33. The van der Waals surface area contributed by atoms with Gasteiger partial charge in [-0.3, -0.25) is 9.67 Å². The summed E-state index contributed by atoms with van der Waals surface area (Å²) in [6.07, 6.45) is 3.98. The molecule has 0 radical (unpaired) electrons. The summed E-state index contributed by atoms with van der Waals surface area (Å²) < 4.78 is 1.72. The first-order valence-corrected chi connectivity index (χ1v) is 10.2. The Labute approximate surface area is 169 Å². The molecule has 4 aromatic heterocycles. The lowest BCUT2D eigenvalue weighted by molar-refractivity contribution is 0.101. The van der Waals surface area contributed by atoms with Crippen LogP contribution in [0.1, 0.15) is 39.0 Å². The summed E-state index contributed by atoms with van der Waals surface area (Å²) in [5.74, 6) is 0.146. The van der Waals surface area contributed by atoms with Gasteiger partial charge in [-0.25, -0.2) is 4.98 Å². The predicted molar refractivity (Wildman–Crippen MR) is 105 cm³/mol. The monoisotopic (exact) mass is 414 g/mol. The van der Waals surface area contributed by atoms with E-state index >= 15 is 0 Å². The van der Waals surface area contributed by atoms with Crippen molar-refractivity contribution in [1.82, 2.24) is 29.9 Å². The lowest BCUT2D eigenvalue weighted by Gasteiger charge is -2.16. The van der Waals surface area contributed by atoms with Gasteiger partial charge < -0.3 is 10.2 Å². The fourth-order valence-electron chi connectivity index (χ4n) is 2.64. The van der Waals surface area contributed by atoms with E-state index in [9.17, 15) is 10.2 Å². The van der Waals surface area contributed by atoms with Crippen LogP contribution in [0, 0.1) is 6.92 Å². The largest absolute Gasteiger partial charge is 0.506 e. The fourth-order valence-corrected chi connectivity index (χ4v) is 4.46. The molecular weight excluding hydrogens is 396 g/mol. The SMILES string of the molecule is Cc1csc(C(C)(O)c2nnc(Cc3ccn(Cc4ncccc4O)n3)s2)n1. The van der Waals surface area contributed by atoms with Crippen molar-refractivity contribution in [3.05, 3.63) is 68.1 Å². The van der Waals surface area contributed by atoms with E-state index < -0.39 is 5.60 Å². The third-order valence-corrected chi connectivity index (χ3v) is 6.43. The molecule has 0 aromatic carbocycles. The molecule has 4 rings (SSSR count). The molecule has 144 valence electrons. The molecule has 8 nitrogen and oxygen atoms in total. The number of nitrogens with zero attached hydrogens (tertiary/aromatic N) is 6. The molecule has 4 aromatic rings. The molecule has 2 N–H and O–H groups in total. The Morgan fingerprint density at radius 1 is 1.21 bits per heavy atom. The number of pyridine rings is 1. The van der Waals surface area contributed by atoms with Crippen molar-refractivity contribution >= 4 is 22.7 Å². The first kappa shape index (κ1) is 18.7. The summed E-state index contributed by atoms with van der Waals surface area (Å²) >= 11 is 2.75. The van der Waals surface area contributed by atoms with E-state index in [0.717, 1.165) is 16.4 Å². The normalized spacial score (nSPS) is 13.5. The lowest BCUT2D eigenvalue weighted by atomic mass is 10.1. The van der Waals surface area contributed by atoms with E-state index in [1.165, 1.54) is 22.7 Å². The van der Waals surface area contributed by atoms with E-state index in [1.807, 2.05) is 24.6 Å². The quantitative estimate of drug-likeness (QED) is 0.499. The van der Waals surface area contributed by atoms with Gasteiger partial charge in [0, 0.05) is 29.9 Å². The summed E-state index contributed by atoms with van der Waals surface area (Å²) in [5, 5.41) is 37.3. The molecule has 0 saturated carbocycles. The minimum atomic E-state index is -1.26. The molecule has 0 aliphatic heterocycles. The topological polar surface area (TPSA) is 110 Å². The van der Waals surface area contributed by atoms with E-state index in [4.69, 9.17) is 0 Å². The Morgan fingerprint density at radius 2 is 2.07 bits per heavy atom. The minimum absolute atomic E-state index is 0.146. The van der Waals surface area contributed by atoms with Gasteiger partial charge in [0.05, 0.1) is 12.2 Å². The second-order valence-electron chi connectivity index (χ2n) is 6.52. The Kier molecular flexibility index (Phi) is 4.92. The molecule has 10 heteroatoms. The minimum Gasteiger partial charge on any atom is -0.506 e. The lowest BCUT2D eigenvalue weighted by Crippen LogP contribution is -2.22. The first-order valence-electron chi connectivity index (χ1n) is 8.55. The molecule has 1 unspecified atom stereocenters. The molecule has 0 aliphatic carbocycles. The van der Waals surface area contributed by atoms with Gasteiger partial charge in [-0.1, -0.05) is 11.3 Å². The molecule has 1 atom stereocenters. The van der Waals surface area contributed by atoms with Gasteiger partial charge in [-0.15, -0.1) is 21.5 Å². The highest BCUT2D eigenvalue weighted by atomic mass is 32.1. The Hall–Kier alpha value is -2.69. The van der Waals surface area contributed by atoms with Crippen LogP contribution in [0.2, 0.25) is 0 Å². The predicted octanol–water partition coefficient (Wildman–Crippen LogP) is 2.50. The van der Waals surface area contributed by atoms with E-state index in [0.29, 0.717) is 28.7 Å². The molecule has 0 bridgehead atoms. The van der Waals surface area contributed by atoms with Gasteiger partial charge in [-0.05, 0) is 32.0 Å². The van der Waals surface area contributed by atoms with Crippen molar-refractivity contribution in [3.8, 4) is 5.75 Å². The molecule has 0 amide bonds. The zero-order valence-electron chi connectivity index (χ0n) is 15.3. The van der Waals surface area contributed by atoms with Crippen LogP contribution in [-0.2, 0) is 18.6 Å². The van der Waals surface area contributed by atoms with Crippen molar-refractivity contribution in [1.29, 1.82) is 0 Å². The Balaban J connectivity index is 1.47. The standard InChI is InChI=1S/C18H18N6O2S2/c1-11-10-27-16(20-11)18(2,26)17-22-21-15(28-17)8-12-5-7-24(23-12)9-13-14(25)4-3-6-19-13/h3-7,10,25-26H,8-9H2,1-2H3. The van der Waals surface area contributed by atoms with Crippen molar-refractivity contribution < 1.29 is 10.2 Å². The van der Waals surface area contributed by atoms with E-state index in [-0.39, 0.29) is 5.75 Å². The maximum absolute atomic E-state index is 10.8. The molecular formula is C18H18N6O2S2. The summed E-state index contributed by atoms with van der Waals surface area (Å²) in [7, 11) is 0. The second-order valence-corrected chi connectivity index (χ2v) is 8.44. The summed E-state index contributed by atoms with van der Waals surface area (Å²) in [5.41, 5.74) is 0.993.